The van der Waals surface area contributed by atoms with Gasteiger partial charge in [0.2, 0.25) is 0 Å². The van der Waals surface area contributed by atoms with Gasteiger partial charge in [-0.3, -0.25) is 0 Å². The zero-order chi connectivity index (χ0) is 15.3. The predicted octanol–water partition coefficient (Wildman–Crippen LogP) is 3.36. The van der Waals surface area contributed by atoms with Gasteiger partial charge in [0, 0.05) is 30.9 Å². The van der Waals surface area contributed by atoms with E-state index in [9.17, 15) is 4.79 Å². The summed E-state index contributed by atoms with van der Waals surface area (Å²) < 4.78 is 8.39. The molecule has 21 heavy (non-hydrogen) atoms. The summed E-state index contributed by atoms with van der Waals surface area (Å²) in [6.07, 6.45) is 7.88. The number of halogens is 1. The molecule has 2 fully saturated rings. The second-order valence-electron chi connectivity index (χ2n) is 7.12. The Kier molecular flexibility index (Phi) is 3.54. The van der Waals surface area contributed by atoms with Gasteiger partial charge >= 0.3 is 6.09 Å². The van der Waals surface area contributed by atoms with E-state index < -0.39 is 5.60 Å². The van der Waals surface area contributed by atoms with Crippen molar-refractivity contribution in [3.05, 3.63) is 21.5 Å². The molecule has 2 heterocycles. The molecule has 1 saturated carbocycles. The van der Waals surface area contributed by atoms with Crippen LogP contribution in [0.15, 0.2) is 18.0 Å². The van der Waals surface area contributed by atoms with Crippen LogP contribution in [-0.4, -0.2) is 39.5 Å². The van der Waals surface area contributed by atoms with Gasteiger partial charge in [-0.15, -0.1) is 0 Å². The fourth-order valence-corrected chi connectivity index (χ4v) is 3.43. The van der Waals surface area contributed by atoms with E-state index in [1.54, 1.807) is 4.90 Å². The van der Waals surface area contributed by atoms with Crippen molar-refractivity contribution in [1.29, 1.82) is 0 Å². The summed E-state index contributed by atoms with van der Waals surface area (Å²) in [5.74, 6) is 0. The molecule has 1 spiro atoms. The summed E-state index contributed by atoms with van der Waals surface area (Å²) in [7, 11) is 0. The molecule has 1 aromatic heterocycles. The molecular formula is C15H20IN3O2. The molecule has 0 radical (unpaired) electrons. The van der Waals surface area contributed by atoms with Crippen molar-refractivity contribution in [2.45, 2.75) is 39.2 Å². The first-order valence-electron chi connectivity index (χ1n) is 7.12. The number of hydrogen-bond acceptors (Lipinski definition) is 3. The Morgan fingerprint density at radius 3 is 2.62 bits per heavy atom. The lowest BCUT2D eigenvalue weighted by Gasteiger charge is -2.56. The summed E-state index contributed by atoms with van der Waals surface area (Å²) >= 11 is 2.25. The maximum absolute atomic E-state index is 11.9. The molecule has 6 heteroatoms. The van der Waals surface area contributed by atoms with Gasteiger partial charge in [-0.2, -0.15) is 5.10 Å². The van der Waals surface area contributed by atoms with Crippen LogP contribution < -0.4 is 0 Å². The fraction of sp³-hybridized carbons (Fsp3) is 0.600. The highest BCUT2D eigenvalue weighted by molar-refractivity contribution is 14.1. The number of likely N-dealkylation sites (tertiary alicyclic amines) is 1. The zero-order valence-corrected chi connectivity index (χ0v) is 14.8. The molecule has 5 nitrogen and oxygen atoms in total. The Hall–Kier alpha value is -1.05. The van der Waals surface area contributed by atoms with Crippen LogP contribution in [0, 0.1) is 8.99 Å². The van der Waals surface area contributed by atoms with Crippen molar-refractivity contribution in [3.8, 4) is 0 Å². The standard InChI is InChI=1S/C15H20IN3O2/c1-14(2,3)21-13(20)18-9-15(10-18)4-11(5-15)7-19-8-12(16)6-17-19/h6-8H,4-5,9-10H2,1-3H3. The van der Waals surface area contributed by atoms with E-state index >= 15 is 0 Å². The highest BCUT2D eigenvalue weighted by Gasteiger charge is 2.52. The molecule has 2 aliphatic rings. The monoisotopic (exact) mass is 401 g/mol. The molecule has 0 bridgehead atoms. The van der Waals surface area contributed by atoms with Crippen molar-refractivity contribution in [2.75, 3.05) is 13.1 Å². The molecule has 1 aliphatic carbocycles. The topological polar surface area (TPSA) is 47.4 Å². The maximum Gasteiger partial charge on any atom is 0.410 e. The van der Waals surface area contributed by atoms with Crippen molar-refractivity contribution < 1.29 is 9.53 Å². The molecule has 0 aromatic carbocycles. The Morgan fingerprint density at radius 2 is 2.10 bits per heavy atom. The molecule has 0 atom stereocenters. The summed E-state index contributed by atoms with van der Waals surface area (Å²) in [6.45, 7) is 7.33. The van der Waals surface area contributed by atoms with Crippen LogP contribution in [0.5, 0.6) is 0 Å². The lowest BCUT2D eigenvalue weighted by atomic mass is 9.61. The number of hydrogen-bond donors (Lipinski definition) is 0. The Labute approximate surface area is 138 Å². The van der Waals surface area contributed by atoms with Gasteiger partial charge < -0.3 is 9.64 Å². The third-order valence-electron chi connectivity index (χ3n) is 3.79. The van der Waals surface area contributed by atoms with E-state index in [0.717, 1.165) is 29.5 Å². The molecule has 1 saturated heterocycles. The Bertz CT molecular complexity index is 584. The summed E-state index contributed by atoms with van der Waals surface area (Å²) in [6, 6.07) is 0. The van der Waals surface area contributed by atoms with Crippen molar-refractivity contribution in [1.82, 2.24) is 14.7 Å². The van der Waals surface area contributed by atoms with E-state index in [-0.39, 0.29) is 6.09 Å². The third kappa shape index (κ3) is 3.25. The van der Waals surface area contributed by atoms with Gasteiger partial charge in [0.15, 0.2) is 0 Å². The van der Waals surface area contributed by atoms with E-state index in [2.05, 4.69) is 33.9 Å². The first kappa shape index (κ1) is 14.9. The van der Waals surface area contributed by atoms with Gasteiger partial charge in [-0.1, -0.05) is 5.57 Å². The SMILES string of the molecule is CC(C)(C)OC(=O)N1CC2(CC(=Cn3cc(I)cn3)C2)C1. The maximum atomic E-state index is 11.9. The molecule has 0 N–H and O–H groups in total. The average Bonchev–Trinajstić information content (AvgIpc) is 2.62. The summed E-state index contributed by atoms with van der Waals surface area (Å²) in [4.78, 5) is 13.7. The molecule has 1 amide bonds. The van der Waals surface area contributed by atoms with Gasteiger partial charge in [-0.25, -0.2) is 9.48 Å². The van der Waals surface area contributed by atoms with Gasteiger partial charge in [0.25, 0.3) is 0 Å². The van der Waals surface area contributed by atoms with E-state index in [1.807, 2.05) is 37.8 Å². The lowest BCUT2D eigenvalue weighted by Crippen LogP contribution is -2.62. The lowest BCUT2D eigenvalue weighted by molar-refractivity contribution is -0.0500. The first-order chi connectivity index (χ1) is 9.75. The second kappa shape index (κ2) is 5.00. The number of rotatable bonds is 1. The minimum absolute atomic E-state index is 0.188. The smallest absolute Gasteiger partial charge is 0.410 e. The first-order valence-corrected chi connectivity index (χ1v) is 8.20. The Morgan fingerprint density at radius 1 is 1.43 bits per heavy atom. The number of aromatic nitrogens is 2. The average molecular weight is 401 g/mol. The van der Waals surface area contributed by atoms with E-state index in [1.165, 1.54) is 5.57 Å². The second-order valence-corrected chi connectivity index (χ2v) is 8.36. The molecule has 3 rings (SSSR count). The quantitative estimate of drug-likeness (QED) is 0.679. The number of carbonyl (C=O) groups excluding carboxylic acids is 1. The molecule has 0 unspecified atom stereocenters. The van der Waals surface area contributed by atoms with E-state index in [0.29, 0.717) is 5.41 Å². The largest absolute Gasteiger partial charge is 0.444 e. The van der Waals surface area contributed by atoms with Crippen LogP contribution in [0.1, 0.15) is 33.6 Å². The number of nitrogens with zero attached hydrogens (tertiary/aromatic N) is 3. The number of allylic oxidation sites excluding steroid dienone is 1. The van der Waals surface area contributed by atoms with Crippen LogP contribution >= 0.6 is 22.6 Å². The molecule has 1 aromatic rings. The van der Waals surface area contributed by atoms with Crippen molar-refractivity contribution >= 4 is 34.9 Å². The predicted molar refractivity (Wildman–Crippen MR) is 88.7 cm³/mol. The Balaban J connectivity index is 1.50. The van der Waals surface area contributed by atoms with Crippen molar-refractivity contribution in [2.24, 2.45) is 5.41 Å². The van der Waals surface area contributed by atoms with Crippen LogP contribution in [0.25, 0.3) is 6.20 Å². The summed E-state index contributed by atoms with van der Waals surface area (Å²) in [5, 5.41) is 4.26. The fourth-order valence-electron chi connectivity index (χ4n) is 3.02. The number of carbonyl (C=O) groups is 1. The van der Waals surface area contributed by atoms with Crippen LogP contribution in [0.3, 0.4) is 0 Å². The number of ether oxygens (including phenoxy) is 1. The van der Waals surface area contributed by atoms with Gasteiger partial charge in [-0.05, 0) is 56.2 Å². The molecular weight excluding hydrogens is 381 g/mol. The highest BCUT2D eigenvalue weighted by Crippen LogP contribution is 2.51. The zero-order valence-electron chi connectivity index (χ0n) is 12.6. The normalized spacial score (nSPS) is 20.0. The van der Waals surface area contributed by atoms with Crippen molar-refractivity contribution in [3.63, 3.8) is 0 Å². The van der Waals surface area contributed by atoms with E-state index in [4.69, 9.17) is 4.74 Å². The molecule has 1 aliphatic heterocycles. The minimum Gasteiger partial charge on any atom is -0.444 e. The minimum atomic E-state index is -0.415. The van der Waals surface area contributed by atoms with Crippen LogP contribution in [0.4, 0.5) is 4.79 Å². The number of amides is 1. The van der Waals surface area contributed by atoms with Gasteiger partial charge in [0.1, 0.15) is 5.60 Å². The third-order valence-corrected chi connectivity index (χ3v) is 4.35. The molecule has 114 valence electrons. The summed E-state index contributed by atoms with van der Waals surface area (Å²) in [5.41, 5.74) is 1.28. The van der Waals surface area contributed by atoms with Crippen LogP contribution in [0.2, 0.25) is 0 Å². The highest BCUT2D eigenvalue weighted by atomic mass is 127. The van der Waals surface area contributed by atoms with Crippen LogP contribution in [-0.2, 0) is 4.74 Å². The van der Waals surface area contributed by atoms with Gasteiger partial charge in [0.05, 0.1) is 9.77 Å².